The average Bonchev–Trinajstić information content (AvgIpc) is 2.81. The predicted octanol–water partition coefficient (Wildman–Crippen LogP) is 9.63. The van der Waals surface area contributed by atoms with Crippen LogP contribution in [0.2, 0.25) is 0 Å². The first-order valence-electron chi connectivity index (χ1n) is 14.4. The van der Waals surface area contributed by atoms with Gasteiger partial charge in [-0.25, -0.2) is 9.59 Å². The second-order valence-corrected chi connectivity index (χ2v) is 9.75. The second-order valence-electron chi connectivity index (χ2n) is 9.75. The summed E-state index contributed by atoms with van der Waals surface area (Å²) in [5.41, 5.74) is 1.18. The molecule has 34 heavy (non-hydrogen) atoms. The fourth-order valence-electron chi connectivity index (χ4n) is 4.54. The van der Waals surface area contributed by atoms with Gasteiger partial charge in [0.15, 0.2) is 0 Å². The number of hydrogen-bond donors (Lipinski definition) is 2. The van der Waals surface area contributed by atoms with Gasteiger partial charge in [0, 0.05) is 11.1 Å². The SMILES string of the molecule is CC/C=C(\CCCCCCCCCCCCCCCCCCCC/C(=C\CC)C(=O)O)C(=O)O. The zero-order chi connectivity index (χ0) is 25.3. The van der Waals surface area contributed by atoms with Crippen LogP contribution >= 0.6 is 0 Å². The Labute approximate surface area is 210 Å². The molecule has 0 aliphatic carbocycles. The van der Waals surface area contributed by atoms with Crippen molar-refractivity contribution in [2.45, 2.75) is 155 Å². The van der Waals surface area contributed by atoms with Gasteiger partial charge in [0.05, 0.1) is 0 Å². The number of unbranched alkanes of at least 4 members (excludes halogenated alkanes) is 17. The van der Waals surface area contributed by atoms with Crippen molar-refractivity contribution in [1.82, 2.24) is 0 Å². The number of rotatable bonds is 25. The maximum atomic E-state index is 11.1. The van der Waals surface area contributed by atoms with Crippen molar-refractivity contribution >= 4 is 11.9 Å². The van der Waals surface area contributed by atoms with E-state index >= 15 is 0 Å². The average molecular weight is 479 g/mol. The molecular formula is C30H54O4. The van der Waals surface area contributed by atoms with Crippen molar-refractivity contribution in [2.75, 3.05) is 0 Å². The Hall–Kier alpha value is -1.58. The highest BCUT2D eigenvalue weighted by atomic mass is 16.4. The summed E-state index contributed by atoms with van der Waals surface area (Å²) in [6.07, 6.45) is 29.6. The second kappa shape index (κ2) is 24.5. The smallest absolute Gasteiger partial charge is 0.331 e. The Morgan fingerprint density at radius 1 is 0.441 bits per heavy atom. The van der Waals surface area contributed by atoms with E-state index in [2.05, 4.69) is 0 Å². The maximum absolute atomic E-state index is 11.1. The highest BCUT2D eigenvalue weighted by Crippen LogP contribution is 2.17. The Kier molecular flexibility index (Phi) is 23.4. The van der Waals surface area contributed by atoms with E-state index < -0.39 is 11.9 Å². The summed E-state index contributed by atoms with van der Waals surface area (Å²) in [5, 5.41) is 18.2. The van der Waals surface area contributed by atoms with E-state index in [4.69, 9.17) is 10.2 Å². The largest absolute Gasteiger partial charge is 0.478 e. The summed E-state index contributed by atoms with van der Waals surface area (Å²) >= 11 is 0. The number of hydrogen-bond acceptors (Lipinski definition) is 2. The van der Waals surface area contributed by atoms with Gasteiger partial charge in [0.25, 0.3) is 0 Å². The molecule has 0 aromatic carbocycles. The Balaban J connectivity index is 3.30. The van der Waals surface area contributed by atoms with Gasteiger partial charge in [0.2, 0.25) is 0 Å². The molecule has 0 bridgehead atoms. The van der Waals surface area contributed by atoms with Crippen molar-refractivity contribution in [3.05, 3.63) is 23.3 Å². The molecule has 0 amide bonds. The third kappa shape index (κ3) is 21.0. The topological polar surface area (TPSA) is 74.6 Å². The van der Waals surface area contributed by atoms with Crippen LogP contribution in [0, 0.1) is 0 Å². The Morgan fingerprint density at radius 3 is 0.824 bits per heavy atom. The van der Waals surface area contributed by atoms with E-state index in [-0.39, 0.29) is 0 Å². The number of carbonyl (C=O) groups is 2. The van der Waals surface area contributed by atoms with E-state index in [0.29, 0.717) is 11.1 Å². The first-order valence-corrected chi connectivity index (χ1v) is 14.4. The molecule has 0 aliphatic rings. The van der Waals surface area contributed by atoms with Crippen LogP contribution in [0.1, 0.15) is 155 Å². The lowest BCUT2D eigenvalue weighted by atomic mass is 10.0. The van der Waals surface area contributed by atoms with Gasteiger partial charge in [0.1, 0.15) is 0 Å². The molecule has 0 aromatic rings. The summed E-state index contributed by atoms with van der Waals surface area (Å²) < 4.78 is 0. The van der Waals surface area contributed by atoms with Crippen LogP contribution in [0.3, 0.4) is 0 Å². The molecule has 0 atom stereocenters. The normalized spacial score (nSPS) is 12.3. The summed E-state index contributed by atoms with van der Waals surface area (Å²) in [7, 11) is 0. The van der Waals surface area contributed by atoms with E-state index in [1.165, 1.54) is 89.9 Å². The zero-order valence-corrected chi connectivity index (χ0v) is 22.4. The molecule has 0 fully saturated rings. The molecular weight excluding hydrogens is 424 g/mol. The molecule has 0 unspecified atom stereocenters. The van der Waals surface area contributed by atoms with Crippen molar-refractivity contribution in [2.24, 2.45) is 0 Å². The number of allylic oxidation sites excluding steroid dienone is 2. The maximum Gasteiger partial charge on any atom is 0.331 e. The van der Waals surface area contributed by atoms with E-state index in [9.17, 15) is 9.59 Å². The first-order chi connectivity index (χ1) is 16.5. The van der Waals surface area contributed by atoms with Gasteiger partial charge in [-0.15, -0.1) is 0 Å². The van der Waals surface area contributed by atoms with Gasteiger partial charge in [-0.3, -0.25) is 0 Å². The molecule has 4 heteroatoms. The van der Waals surface area contributed by atoms with Gasteiger partial charge < -0.3 is 10.2 Å². The van der Waals surface area contributed by atoms with Gasteiger partial charge in [-0.2, -0.15) is 0 Å². The summed E-state index contributed by atoms with van der Waals surface area (Å²) in [6.45, 7) is 3.98. The Bertz CT molecular complexity index is 512. The molecule has 198 valence electrons. The summed E-state index contributed by atoms with van der Waals surface area (Å²) in [6, 6.07) is 0. The molecule has 0 rings (SSSR count). The fraction of sp³-hybridized carbons (Fsp3) is 0.800. The van der Waals surface area contributed by atoms with Crippen LogP contribution < -0.4 is 0 Å². The zero-order valence-electron chi connectivity index (χ0n) is 22.4. The third-order valence-corrected chi connectivity index (χ3v) is 6.59. The van der Waals surface area contributed by atoms with Gasteiger partial charge >= 0.3 is 11.9 Å². The number of aliphatic carboxylic acids is 2. The first kappa shape index (κ1) is 32.4. The lowest BCUT2D eigenvalue weighted by Crippen LogP contribution is -2.00. The quantitative estimate of drug-likeness (QED) is 0.101. The summed E-state index contributed by atoms with van der Waals surface area (Å²) in [4.78, 5) is 22.2. The minimum atomic E-state index is -0.748. The molecule has 0 spiro atoms. The highest BCUT2D eigenvalue weighted by Gasteiger charge is 2.06. The predicted molar refractivity (Wildman–Crippen MR) is 144 cm³/mol. The van der Waals surface area contributed by atoms with E-state index in [1.54, 1.807) is 0 Å². The molecule has 0 heterocycles. The van der Waals surface area contributed by atoms with Crippen LogP contribution in [0.15, 0.2) is 23.3 Å². The number of carboxylic acid groups (broad SMARTS) is 2. The van der Waals surface area contributed by atoms with Crippen molar-refractivity contribution < 1.29 is 19.8 Å². The molecule has 0 radical (unpaired) electrons. The van der Waals surface area contributed by atoms with Gasteiger partial charge in [-0.05, 0) is 38.5 Å². The standard InChI is InChI=1S/C30H54O4/c1-3-23-27(29(31)32)25-21-19-17-15-13-11-9-7-5-6-8-10-12-14-16-18-20-22-26-28(24-4-2)30(33)34/h23-24H,3-22,25-26H2,1-2H3,(H,31,32)(H,33,34)/b27-23+,28-24+. The Morgan fingerprint density at radius 2 is 0.647 bits per heavy atom. The van der Waals surface area contributed by atoms with E-state index in [1.807, 2.05) is 26.0 Å². The van der Waals surface area contributed by atoms with E-state index in [0.717, 1.165) is 51.4 Å². The molecule has 4 nitrogen and oxygen atoms in total. The third-order valence-electron chi connectivity index (χ3n) is 6.59. The molecule has 2 N–H and O–H groups in total. The minimum Gasteiger partial charge on any atom is -0.478 e. The van der Waals surface area contributed by atoms with Crippen LogP contribution in [0.25, 0.3) is 0 Å². The summed E-state index contributed by atoms with van der Waals surface area (Å²) in [5.74, 6) is -1.50. The van der Waals surface area contributed by atoms with Gasteiger partial charge in [-0.1, -0.05) is 129 Å². The molecule has 0 aromatic heterocycles. The van der Waals surface area contributed by atoms with Crippen LogP contribution in [-0.4, -0.2) is 22.2 Å². The van der Waals surface area contributed by atoms with Crippen LogP contribution in [0.4, 0.5) is 0 Å². The lowest BCUT2D eigenvalue weighted by molar-refractivity contribution is -0.133. The van der Waals surface area contributed by atoms with Crippen LogP contribution in [0.5, 0.6) is 0 Å². The van der Waals surface area contributed by atoms with Crippen LogP contribution in [-0.2, 0) is 9.59 Å². The highest BCUT2D eigenvalue weighted by molar-refractivity contribution is 5.86. The monoisotopic (exact) mass is 478 g/mol. The van der Waals surface area contributed by atoms with Crippen molar-refractivity contribution in [3.63, 3.8) is 0 Å². The lowest BCUT2D eigenvalue weighted by Gasteiger charge is -2.05. The van der Waals surface area contributed by atoms with Crippen molar-refractivity contribution in [3.8, 4) is 0 Å². The molecule has 0 saturated carbocycles. The fourth-order valence-corrected chi connectivity index (χ4v) is 4.54. The molecule has 0 saturated heterocycles. The molecule has 0 aliphatic heterocycles. The van der Waals surface area contributed by atoms with Crippen molar-refractivity contribution in [1.29, 1.82) is 0 Å². The number of carboxylic acids is 2. The minimum absolute atomic E-state index is 0.589.